The minimum Gasteiger partial charge on any atom is -0.478 e. The number of aliphatic hydroxyl groups is 1. The van der Waals surface area contributed by atoms with E-state index in [1.54, 1.807) is 23.9 Å². The topological polar surface area (TPSA) is 57.5 Å². The van der Waals surface area contributed by atoms with Gasteiger partial charge in [0.2, 0.25) is 0 Å². The summed E-state index contributed by atoms with van der Waals surface area (Å²) in [6, 6.07) is 14.6. The van der Waals surface area contributed by atoms with E-state index in [0.717, 1.165) is 16.0 Å². The van der Waals surface area contributed by atoms with Crippen LogP contribution in [0.5, 0.6) is 0 Å². The third-order valence-electron chi connectivity index (χ3n) is 2.75. The second-order valence-electron chi connectivity index (χ2n) is 4.05. The Morgan fingerprint density at radius 2 is 1.74 bits per heavy atom. The summed E-state index contributed by atoms with van der Waals surface area (Å²) in [6.07, 6.45) is 0. The molecule has 0 saturated heterocycles. The number of hydrogen-bond donors (Lipinski definition) is 2. The molecule has 98 valence electrons. The summed E-state index contributed by atoms with van der Waals surface area (Å²) in [5.41, 5.74) is 2.03. The maximum absolute atomic E-state index is 11.1. The lowest BCUT2D eigenvalue weighted by atomic mass is 10.1. The van der Waals surface area contributed by atoms with Gasteiger partial charge in [0.05, 0.1) is 12.2 Å². The van der Waals surface area contributed by atoms with Gasteiger partial charge in [-0.25, -0.2) is 4.79 Å². The van der Waals surface area contributed by atoms with Crippen molar-refractivity contribution in [2.45, 2.75) is 17.3 Å². The van der Waals surface area contributed by atoms with Crippen molar-refractivity contribution in [2.24, 2.45) is 0 Å². The summed E-state index contributed by atoms with van der Waals surface area (Å²) >= 11 is 1.58. The van der Waals surface area contributed by atoms with Crippen molar-refractivity contribution in [3.63, 3.8) is 0 Å². The quantitative estimate of drug-likeness (QED) is 0.822. The number of carboxylic acid groups (broad SMARTS) is 1. The molecular formula is C15H14O3S. The first-order chi connectivity index (χ1) is 9.20. The summed E-state index contributed by atoms with van der Waals surface area (Å²) in [5, 5.41) is 18.1. The summed E-state index contributed by atoms with van der Waals surface area (Å²) in [5.74, 6) is -0.284. The van der Waals surface area contributed by atoms with Crippen LogP contribution in [0, 0.1) is 0 Å². The van der Waals surface area contributed by atoms with Gasteiger partial charge < -0.3 is 10.2 Å². The lowest BCUT2D eigenvalue weighted by Crippen LogP contribution is -2.00. The Labute approximate surface area is 115 Å². The molecule has 0 aliphatic carbocycles. The first-order valence-corrected chi connectivity index (χ1v) is 6.83. The van der Waals surface area contributed by atoms with E-state index in [0.29, 0.717) is 11.3 Å². The van der Waals surface area contributed by atoms with Crippen LogP contribution in [0.1, 0.15) is 21.5 Å². The smallest absolute Gasteiger partial charge is 0.335 e. The van der Waals surface area contributed by atoms with Crippen molar-refractivity contribution in [1.29, 1.82) is 0 Å². The molecule has 0 aromatic heterocycles. The highest BCUT2D eigenvalue weighted by molar-refractivity contribution is 7.98. The molecule has 0 amide bonds. The highest BCUT2D eigenvalue weighted by Gasteiger charge is 2.08. The number of carboxylic acids is 1. The Kier molecular flexibility index (Phi) is 4.60. The molecule has 0 unspecified atom stereocenters. The summed E-state index contributed by atoms with van der Waals surface area (Å²) < 4.78 is 0. The van der Waals surface area contributed by atoms with Crippen LogP contribution >= 0.6 is 11.8 Å². The molecule has 0 aliphatic rings. The van der Waals surface area contributed by atoms with Gasteiger partial charge in [-0.2, -0.15) is 0 Å². The van der Waals surface area contributed by atoms with Gasteiger partial charge in [0.25, 0.3) is 0 Å². The Hall–Kier alpha value is -1.78. The minimum absolute atomic E-state index is 0.0345. The predicted molar refractivity (Wildman–Crippen MR) is 75.3 cm³/mol. The van der Waals surface area contributed by atoms with E-state index < -0.39 is 5.97 Å². The molecular weight excluding hydrogens is 260 g/mol. The van der Waals surface area contributed by atoms with Gasteiger partial charge in [0.1, 0.15) is 0 Å². The van der Waals surface area contributed by atoms with E-state index in [4.69, 9.17) is 10.2 Å². The number of aliphatic hydroxyl groups excluding tert-OH is 1. The van der Waals surface area contributed by atoms with E-state index in [9.17, 15) is 4.79 Å². The van der Waals surface area contributed by atoms with E-state index in [1.807, 2.05) is 36.4 Å². The Morgan fingerprint density at radius 1 is 1.05 bits per heavy atom. The van der Waals surface area contributed by atoms with Crippen LogP contribution in [0.15, 0.2) is 53.4 Å². The van der Waals surface area contributed by atoms with Gasteiger partial charge in [-0.15, -0.1) is 11.8 Å². The van der Waals surface area contributed by atoms with Crippen LogP contribution < -0.4 is 0 Å². The first kappa shape index (κ1) is 13.6. The highest BCUT2D eigenvalue weighted by Crippen LogP contribution is 2.24. The molecule has 0 spiro atoms. The second-order valence-corrected chi connectivity index (χ2v) is 5.10. The van der Waals surface area contributed by atoms with Crippen LogP contribution in [0.2, 0.25) is 0 Å². The number of hydrogen-bond acceptors (Lipinski definition) is 3. The average molecular weight is 274 g/mol. The summed E-state index contributed by atoms with van der Waals surface area (Å²) in [6.45, 7) is 0.0345. The number of aromatic carboxylic acids is 1. The molecule has 2 N–H and O–H groups in total. The molecule has 0 heterocycles. The van der Waals surface area contributed by atoms with Crippen molar-refractivity contribution in [3.8, 4) is 0 Å². The Balaban J connectivity index is 2.07. The van der Waals surface area contributed by atoms with Crippen molar-refractivity contribution in [3.05, 3.63) is 65.2 Å². The monoisotopic (exact) mass is 274 g/mol. The van der Waals surface area contributed by atoms with Crippen molar-refractivity contribution < 1.29 is 15.0 Å². The minimum atomic E-state index is -0.896. The standard InChI is InChI=1S/C15H14O3S/c16-9-11-5-7-13(8-6-11)19-10-12-3-1-2-4-14(12)15(17)18/h1-8,16H,9-10H2,(H,17,18). The normalized spacial score (nSPS) is 10.4. The van der Waals surface area contributed by atoms with Crippen molar-refractivity contribution in [1.82, 2.24) is 0 Å². The van der Waals surface area contributed by atoms with Gasteiger partial charge in [0, 0.05) is 10.6 Å². The average Bonchev–Trinajstić information content (AvgIpc) is 2.46. The molecule has 2 rings (SSSR count). The fourth-order valence-electron chi connectivity index (χ4n) is 1.71. The van der Waals surface area contributed by atoms with E-state index in [1.165, 1.54) is 0 Å². The SMILES string of the molecule is O=C(O)c1ccccc1CSc1ccc(CO)cc1. The van der Waals surface area contributed by atoms with Gasteiger partial charge in [0.15, 0.2) is 0 Å². The largest absolute Gasteiger partial charge is 0.478 e. The molecule has 0 aliphatic heterocycles. The van der Waals surface area contributed by atoms with Crippen LogP contribution in [0.4, 0.5) is 0 Å². The second kappa shape index (κ2) is 6.41. The van der Waals surface area contributed by atoms with Crippen LogP contribution in [-0.2, 0) is 12.4 Å². The predicted octanol–water partition coefficient (Wildman–Crippen LogP) is 3.17. The maximum atomic E-state index is 11.1. The third-order valence-corrected chi connectivity index (χ3v) is 3.81. The number of carbonyl (C=O) groups is 1. The lowest BCUT2D eigenvalue weighted by molar-refractivity contribution is 0.0696. The van der Waals surface area contributed by atoms with E-state index in [-0.39, 0.29) is 6.61 Å². The number of benzene rings is 2. The Morgan fingerprint density at radius 3 is 2.37 bits per heavy atom. The van der Waals surface area contributed by atoms with E-state index in [2.05, 4.69) is 0 Å². The number of rotatable bonds is 5. The van der Waals surface area contributed by atoms with Crippen LogP contribution in [0.25, 0.3) is 0 Å². The van der Waals surface area contributed by atoms with Gasteiger partial charge in [-0.3, -0.25) is 0 Å². The number of thioether (sulfide) groups is 1. The first-order valence-electron chi connectivity index (χ1n) is 5.84. The van der Waals surface area contributed by atoms with E-state index >= 15 is 0 Å². The molecule has 2 aromatic rings. The lowest BCUT2D eigenvalue weighted by Gasteiger charge is -2.06. The zero-order chi connectivity index (χ0) is 13.7. The summed E-state index contributed by atoms with van der Waals surface area (Å²) in [7, 11) is 0. The molecule has 4 heteroatoms. The molecule has 2 aromatic carbocycles. The molecule has 0 bridgehead atoms. The van der Waals surface area contributed by atoms with Gasteiger partial charge >= 0.3 is 5.97 Å². The molecule has 0 fully saturated rings. The third kappa shape index (κ3) is 3.59. The van der Waals surface area contributed by atoms with Gasteiger partial charge in [-0.05, 0) is 29.3 Å². The highest BCUT2D eigenvalue weighted by atomic mass is 32.2. The maximum Gasteiger partial charge on any atom is 0.335 e. The van der Waals surface area contributed by atoms with Crippen molar-refractivity contribution >= 4 is 17.7 Å². The van der Waals surface area contributed by atoms with Crippen LogP contribution in [-0.4, -0.2) is 16.2 Å². The van der Waals surface area contributed by atoms with Crippen molar-refractivity contribution in [2.75, 3.05) is 0 Å². The Bertz CT molecular complexity index is 564. The molecule has 0 saturated carbocycles. The molecule has 19 heavy (non-hydrogen) atoms. The summed E-state index contributed by atoms with van der Waals surface area (Å²) in [4.78, 5) is 12.1. The molecule has 3 nitrogen and oxygen atoms in total. The zero-order valence-electron chi connectivity index (χ0n) is 10.2. The molecule has 0 atom stereocenters. The van der Waals surface area contributed by atoms with Gasteiger partial charge in [-0.1, -0.05) is 30.3 Å². The zero-order valence-corrected chi connectivity index (χ0v) is 11.1. The molecule has 0 radical (unpaired) electrons. The fraction of sp³-hybridized carbons (Fsp3) is 0.133. The van der Waals surface area contributed by atoms with Crippen LogP contribution in [0.3, 0.4) is 0 Å². The fourth-order valence-corrected chi connectivity index (χ4v) is 2.61.